The fourth-order valence-electron chi connectivity index (χ4n) is 2.88. The molecule has 1 heterocycles. The number of nitrogens with zero attached hydrogens (tertiary/aromatic N) is 1. The maximum Gasteiger partial charge on any atom is 0.329 e. The van der Waals surface area contributed by atoms with Crippen LogP contribution >= 0.6 is 0 Å². The van der Waals surface area contributed by atoms with Gasteiger partial charge in [-0.15, -0.1) is 0 Å². The lowest BCUT2D eigenvalue weighted by molar-refractivity contribution is -0.146. The number of amides is 1. The van der Waals surface area contributed by atoms with Gasteiger partial charge in [0.05, 0.1) is 5.56 Å². The van der Waals surface area contributed by atoms with Crippen LogP contribution in [0.3, 0.4) is 0 Å². The molecule has 2 rings (SSSR count). The summed E-state index contributed by atoms with van der Waals surface area (Å²) in [7, 11) is 0. The fourth-order valence-corrected chi connectivity index (χ4v) is 2.88. The van der Waals surface area contributed by atoms with Crippen LogP contribution in [0.1, 0.15) is 48.5 Å². The maximum atomic E-state index is 12.3. The average Bonchev–Trinajstić information content (AvgIpc) is 2.38. The van der Waals surface area contributed by atoms with Crippen molar-refractivity contribution in [3.63, 3.8) is 0 Å². The van der Waals surface area contributed by atoms with Gasteiger partial charge in [-0.25, -0.2) is 4.79 Å². The van der Waals surface area contributed by atoms with Crippen LogP contribution in [0.25, 0.3) is 0 Å². The van der Waals surface area contributed by atoms with Gasteiger partial charge in [0.2, 0.25) is 0 Å². The molecule has 1 amide bonds. The van der Waals surface area contributed by atoms with Crippen molar-refractivity contribution in [3.05, 3.63) is 29.6 Å². The molecule has 1 fully saturated rings. The van der Waals surface area contributed by atoms with E-state index in [2.05, 4.69) is 10.3 Å². The van der Waals surface area contributed by atoms with Gasteiger partial charge >= 0.3 is 5.97 Å². The number of hydrogen-bond acceptors (Lipinski definition) is 3. The van der Waals surface area contributed by atoms with Crippen LogP contribution in [0.4, 0.5) is 0 Å². The molecule has 0 bridgehead atoms. The molecule has 0 saturated heterocycles. The summed E-state index contributed by atoms with van der Waals surface area (Å²) in [5, 5.41) is 12.3. The normalized spacial score (nSPS) is 26.0. The molecule has 2 N–H and O–H groups in total. The molecule has 2 unspecified atom stereocenters. The van der Waals surface area contributed by atoms with E-state index in [9.17, 15) is 14.7 Å². The van der Waals surface area contributed by atoms with E-state index in [1.165, 1.54) is 6.20 Å². The first kappa shape index (κ1) is 14.5. The molecule has 1 aliphatic rings. The molecule has 1 saturated carbocycles. The predicted octanol–water partition coefficient (Wildman–Crippen LogP) is 2.15. The minimum Gasteiger partial charge on any atom is -0.480 e. The van der Waals surface area contributed by atoms with E-state index in [0.29, 0.717) is 24.3 Å². The minimum absolute atomic E-state index is 0.302. The Morgan fingerprint density at radius 3 is 2.80 bits per heavy atom. The van der Waals surface area contributed by atoms with E-state index < -0.39 is 11.5 Å². The highest BCUT2D eigenvalue weighted by molar-refractivity contribution is 5.97. The average molecular weight is 276 g/mol. The van der Waals surface area contributed by atoms with E-state index in [0.717, 1.165) is 18.4 Å². The Bertz CT molecular complexity index is 530. The number of carbonyl (C=O) groups is 2. The summed E-state index contributed by atoms with van der Waals surface area (Å²) in [6, 6.07) is 1.71. The molecule has 0 spiro atoms. The van der Waals surface area contributed by atoms with Crippen LogP contribution in [0, 0.1) is 12.8 Å². The van der Waals surface area contributed by atoms with Crippen LogP contribution < -0.4 is 5.32 Å². The van der Waals surface area contributed by atoms with Crippen molar-refractivity contribution in [1.29, 1.82) is 0 Å². The van der Waals surface area contributed by atoms with Gasteiger partial charge < -0.3 is 10.4 Å². The molecule has 2 atom stereocenters. The van der Waals surface area contributed by atoms with Gasteiger partial charge in [-0.1, -0.05) is 19.8 Å². The monoisotopic (exact) mass is 276 g/mol. The van der Waals surface area contributed by atoms with Crippen molar-refractivity contribution in [2.24, 2.45) is 5.92 Å². The van der Waals surface area contributed by atoms with Gasteiger partial charge in [-0.3, -0.25) is 9.78 Å². The number of hydrogen-bond donors (Lipinski definition) is 2. The number of aryl methyl sites for hydroxylation is 1. The smallest absolute Gasteiger partial charge is 0.329 e. The van der Waals surface area contributed by atoms with E-state index in [1.54, 1.807) is 12.3 Å². The number of nitrogens with one attached hydrogen (secondary N) is 1. The van der Waals surface area contributed by atoms with Gasteiger partial charge in [0.15, 0.2) is 0 Å². The Kier molecular flexibility index (Phi) is 4.06. The quantitative estimate of drug-likeness (QED) is 0.886. The number of carbonyl (C=O) groups excluding carboxylic acids is 1. The topological polar surface area (TPSA) is 79.3 Å². The predicted molar refractivity (Wildman–Crippen MR) is 74.4 cm³/mol. The van der Waals surface area contributed by atoms with Crippen LogP contribution in [0.5, 0.6) is 0 Å². The highest BCUT2D eigenvalue weighted by Gasteiger charge is 2.43. The lowest BCUT2D eigenvalue weighted by Gasteiger charge is -2.37. The Hall–Kier alpha value is -1.91. The highest BCUT2D eigenvalue weighted by Crippen LogP contribution is 2.32. The summed E-state index contributed by atoms with van der Waals surface area (Å²) in [6.45, 7) is 3.87. The van der Waals surface area contributed by atoms with E-state index in [4.69, 9.17) is 0 Å². The molecule has 0 radical (unpaired) electrons. The number of aromatic nitrogens is 1. The summed E-state index contributed by atoms with van der Waals surface area (Å²) in [6.07, 6.45) is 5.91. The number of carboxylic acid groups (broad SMARTS) is 1. The first-order valence-electron chi connectivity index (χ1n) is 6.90. The zero-order chi connectivity index (χ0) is 14.8. The van der Waals surface area contributed by atoms with E-state index in [-0.39, 0.29) is 5.91 Å². The van der Waals surface area contributed by atoms with Gasteiger partial charge in [0.25, 0.3) is 5.91 Å². The molecule has 5 heteroatoms. The summed E-state index contributed by atoms with van der Waals surface area (Å²) >= 11 is 0. The Morgan fingerprint density at radius 2 is 2.20 bits per heavy atom. The number of rotatable bonds is 3. The SMILES string of the molecule is Cc1cncc(C(=O)NC2(C(=O)O)CCCC(C)C2)c1. The second kappa shape index (κ2) is 5.61. The summed E-state index contributed by atoms with van der Waals surface area (Å²) in [5.74, 6) is -1.01. The molecule has 0 aliphatic heterocycles. The first-order chi connectivity index (χ1) is 9.43. The largest absolute Gasteiger partial charge is 0.480 e. The second-order valence-corrected chi connectivity index (χ2v) is 5.79. The molecular formula is C15H20N2O3. The van der Waals surface area contributed by atoms with E-state index in [1.807, 2.05) is 13.8 Å². The van der Waals surface area contributed by atoms with Crippen molar-refractivity contribution in [3.8, 4) is 0 Å². The number of carboxylic acids is 1. The van der Waals surface area contributed by atoms with Crippen LogP contribution in [-0.4, -0.2) is 27.5 Å². The molecule has 0 aromatic carbocycles. The first-order valence-corrected chi connectivity index (χ1v) is 6.90. The van der Waals surface area contributed by atoms with Crippen molar-refractivity contribution < 1.29 is 14.7 Å². The zero-order valence-electron chi connectivity index (χ0n) is 11.8. The number of pyridine rings is 1. The lowest BCUT2D eigenvalue weighted by atomic mass is 9.76. The third kappa shape index (κ3) is 2.98. The van der Waals surface area contributed by atoms with Gasteiger partial charge in [0.1, 0.15) is 5.54 Å². The Labute approximate surface area is 118 Å². The van der Waals surface area contributed by atoms with Crippen LogP contribution in [0.2, 0.25) is 0 Å². The summed E-state index contributed by atoms with van der Waals surface area (Å²) in [5.41, 5.74) is 0.140. The molecule has 1 aromatic rings. The van der Waals surface area contributed by atoms with Crippen LogP contribution in [0.15, 0.2) is 18.5 Å². The molecule has 20 heavy (non-hydrogen) atoms. The molecule has 5 nitrogen and oxygen atoms in total. The van der Waals surface area contributed by atoms with Crippen molar-refractivity contribution in [2.45, 2.75) is 45.1 Å². The number of aliphatic carboxylic acids is 1. The van der Waals surface area contributed by atoms with Crippen molar-refractivity contribution in [2.75, 3.05) is 0 Å². The summed E-state index contributed by atoms with van der Waals surface area (Å²) in [4.78, 5) is 27.9. The highest BCUT2D eigenvalue weighted by atomic mass is 16.4. The third-order valence-corrected chi connectivity index (χ3v) is 3.90. The summed E-state index contributed by atoms with van der Waals surface area (Å²) < 4.78 is 0. The Balaban J connectivity index is 2.20. The van der Waals surface area contributed by atoms with Gasteiger partial charge in [-0.2, -0.15) is 0 Å². The molecular weight excluding hydrogens is 256 g/mol. The van der Waals surface area contributed by atoms with Gasteiger partial charge in [0, 0.05) is 12.4 Å². The molecule has 108 valence electrons. The van der Waals surface area contributed by atoms with Crippen molar-refractivity contribution in [1.82, 2.24) is 10.3 Å². The lowest BCUT2D eigenvalue weighted by Crippen LogP contribution is -2.56. The third-order valence-electron chi connectivity index (χ3n) is 3.90. The standard InChI is InChI=1S/C15H20N2O3/c1-10-4-3-5-15(7-10,14(19)20)17-13(18)12-6-11(2)8-16-9-12/h6,8-10H,3-5,7H2,1-2H3,(H,17,18)(H,19,20). The zero-order valence-corrected chi connectivity index (χ0v) is 11.8. The minimum atomic E-state index is -1.14. The van der Waals surface area contributed by atoms with Crippen LogP contribution in [-0.2, 0) is 4.79 Å². The molecule has 1 aromatic heterocycles. The fraction of sp³-hybridized carbons (Fsp3) is 0.533. The molecule has 1 aliphatic carbocycles. The van der Waals surface area contributed by atoms with Gasteiger partial charge in [-0.05, 0) is 37.3 Å². The second-order valence-electron chi connectivity index (χ2n) is 5.79. The van der Waals surface area contributed by atoms with E-state index >= 15 is 0 Å². The Morgan fingerprint density at radius 1 is 1.45 bits per heavy atom. The maximum absolute atomic E-state index is 12.3. The van der Waals surface area contributed by atoms with Crippen molar-refractivity contribution >= 4 is 11.9 Å².